The molecule has 29 heavy (non-hydrogen) atoms. The third-order valence-corrected chi connectivity index (χ3v) is 8.02. The normalized spacial score (nSPS) is 32.5. The van der Waals surface area contributed by atoms with Crippen LogP contribution in [0, 0.1) is 0 Å². The van der Waals surface area contributed by atoms with E-state index in [0.717, 1.165) is 12.1 Å². The minimum atomic E-state index is 0.899. The fraction of sp³-hybridized carbons (Fsp3) is 0.538. The van der Waals surface area contributed by atoms with E-state index in [2.05, 4.69) is 54.6 Å². The molecule has 5 rings (SSSR count). The molecule has 2 saturated heterocycles. The van der Waals surface area contributed by atoms with Gasteiger partial charge in [-0.2, -0.15) is 0 Å². The maximum absolute atomic E-state index is 2.36. The van der Waals surface area contributed by atoms with Crippen molar-refractivity contribution in [2.45, 2.75) is 57.3 Å². The topological polar surface area (TPSA) is 13.3 Å². The second kappa shape index (κ2) is 8.99. The number of hydrogen-bond acceptors (Lipinski definition) is 0. The molecule has 3 nitrogen and oxygen atoms in total. The zero-order valence-corrected chi connectivity index (χ0v) is 17.8. The summed E-state index contributed by atoms with van der Waals surface area (Å²) in [7, 11) is 0. The van der Waals surface area contributed by atoms with Gasteiger partial charge in [0.1, 0.15) is 13.1 Å². The quantitative estimate of drug-likeness (QED) is 0.645. The molecule has 3 heterocycles. The van der Waals surface area contributed by atoms with E-state index in [1.165, 1.54) is 83.5 Å². The van der Waals surface area contributed by atoms with Gasteiger partial charge in [-0.3, -0.25) is 0 Å². The monoisotopic (exact) mass is 392 g/mol. The van der Waals surface area contributed by atoms with E-state index in [4.69, 9.17) is 0 Å². The number of fused-ring (bicyclic) bond motifs is 1. The van der Waals surface area contributed by atoms with Gasteiger partial charge in [0.25, 0.3) is 0 Å². The summed E-state index contributed by atoms with van der Waals surface area (Å²) in [5.41, 5.74) is 4.71. The molecule has 0 bridgehead atoms. The second-order valence-corrected chi connectivity index (χ2v) is 9.72. The highest BCUT2D eigenvalue weighted by Crippen LogP contribution is 2.12. The van der Waals surface area contributed by atoms with Crippen LogP contribution in [0.15, 0.2) is 54.6 Å². The zero-order valence-electron chi connectivity index (χ0n) is 17.8. The van der Waals surface area contributed by atoms with Crippen LogP contribution in [-0.2, 0) is 19.5 Å². The van der Waals surface area contributed by atoms with Gasteiger partial charge in [0.05, 0.1) is 44.8 Å². The van der Waals surface area contributed by atoms with Crippen LogP contribution in [0.25, 0.3) is 0 Å². The van der Waals surface area contributed by atoms with Crippen molar-refractivity contribution < 1.29 is 14.7 Å². The summed E-state index contributed by atoms with van der Waals surface area (Å²) in [6.07, 6.45) is 6.99. The molecule has 0 radical (unpaired) electrons. The van der Waals surface area contributed by atoms with E-state index in [1.54, 1.807) is 16.0 Å². The van der Waals surface area contributed by atoms with Crippen molar-refractivity contribution in [2.75, 3.05) is 32.7 Å². The standard InChI is InChI=1S/C26H35N3/c1-2-6-22(7-3-1)20-27-15-11-25(12-16-27)28-18-13-26(14-19-28)29-17-10-23-8-4-5-9-24(23)21-29/h1-9,25-26H,10-21H2/p+3. The van der Waals surface area contributed by atoms with Crippen LogP contribution in [0.4, 0.5) is 0 Å². The molecule has 3 N–H and O–H groups in total. The van der Waals surface area contributed by atoms with Gasteiger partial charge >= 0.3 is 0 Å². The molecule has 0 amide bonds. The Labute approximate surface area is 176 Å². The van der Waals surface area contributed by atoms with Crippen molar-refractivity contribution in [1.29, 1.82) is 0 Å². The molecule has 1 atom stereocenters. The first-order chi connectivity index (χ1) is 14.3. The van der Waals surface area contributed by atoms with E-state index < -0.39 is 0 Å². The molecule has 1 unspecified atom stereocenters. The average Bonchev–Trinajstić information content (AvgIpc) is 2.80. The van der Waals surface area contributed by atoms with Crippen LogP contribution in [0.5, 0.6) is 0 Å². The van der Waals surface area contributed by atoms with E-state index in [-0.39, 0.29) is 0 Å². The van der Waals surface area contributed by atoms with Gasteiger partial charge in [-0.1, -0.05) is 54.6 Å². The number of likely N-dealkylation sites (tertiary alicyclic amines) is 2. The molecule has 2 aromatic rings. The first-order valence-electron chi connectivity index (χ1n) is 12.0. The Balaban J connectivity index is 1.08. The van der Waals surface area contributed by atoms with Gasteiger partial charge in [0.15, 0.2) is 0 Å². The van der Waals surface area contributed by atoms with Crippen LogP contribution in [0.2, 0.25) is 0 Å². The van der Waals surface area contributed by atoms with Gasteiger partial charge in [-0.25, -0.2) is 0 Å². The number of quaternary nitrogens is 3. The predicted octanol–water partition coefficient (Wildman–Crippen LogP) is -0.0776. The summed E-state index contributed by atoms with van der Waals surface area (Å²) < 4.78 is 0. The predicted molar refractivity (Wildman–Crippen MR) is 117 cm³/mol. The van der Waals surface area contributed by atoms with Gasteiger partial charge in [0, 0.05) is 43.2 Å². The molecule has 2 fully saturated rings. The molecular formula is C26H38N3+3. The van der Waals surface area contributed by atoms with E-state index in [1.807, 2.05) is 9.80 Å². The lowest BCUT2D eigenvalue weighted by atomic mass is 9.93. The average molecular weight is 393 g/mol. The molecular weight excluding hydrogens is 354 g/mol. The Morgan fingerprint density at radius 1 is 0.621 bits per heavy atom. The minimum Gasteiger partial charge on any atom is -0.332 e. The lowest BCUT2D eigenvalue weighted by Crippen LogP contribution is -3.23. The molecule has 0 spiro atoms. The molecule has 0 saturated carbocycles. The molecule has 3 aliphatic heterocycles. The summed E-state index contributed by atoms with van der Waals surface area (Å²) in [6, 6.07) is 22.0. The maximum Gasteiger partial charge on any atom is 0.103 e. The van der Waals surface area contributed by atoms with Crippen LogP contribution < -0.4 is 14.7 Å². The Kier molecular flexibility index (Phi) is 5.98. The Bertz CT molecular complexity index is 774. The lowest BCUT2D eigenvalue weighted by Gasteiger charge is -2.40. The maximum atomic E-state index is 2.36. The summed E-state index contributed by atoms with van der Waals surface area (Å²) in [4.78, 5) is 5.58. The number of piperidine rings is 2. The Morgan fingerprint density at radius 2 is 1.24 bits per heavy atom. The van der Waals surface area contributed by atoms with Crippen molar-refractivity contribution in [2.24, 2.45) is 0 Å². The second-order valence-electron chi connectivity index (χ2n) is 9.72. The highest BCUT2D eigenvalue weighted by Gasteiger charge is 2.36. The van der Waals surface area contributed by atoms with E-state index in [0.29, 0.717) is 0 Å². The lowest BCUT2D eigenvalue weighted by molar-refractivity contribution is -0.987. The molecule has 3 heteroatoms. The fourth-order valence-corrected chi connectivity index (χ4v) is 6.25. The van der Waals surface area contributed by atoms with Gasteiger partial charge < -0.3 is 14.7 Å². The molecule has 3 aliphatic rings. The summed E-state index contributed by atoms with van der Waals surface area (Å²) >= 11 is 0. The number of rotatable bonds is 4. The van der Waals surface area contributed by atoms with Crippen LogP contribution in [0.3, 0.4) is 0 Å². The molecule has 2 aromatic carbocycles. The zero-order chi connectivity index (χ0) is 19.5. The first-order valence-corrected chi connectivity index (χ1v) is 12.0. The molecule has 0 aliphatic carbocycles. The van der Waals surface area contributed by atoms with Crippen LogP contribution >= 0.6 is 0 Å². The van der Waals surface area contributed by atoms with Crippen molar-refractivity contribution in [3.8, 4) is 0 Å². The van der Waals surface area contributed by atoms with Gasteiger partial charge in [-0.15, -0.1) is 0 Å². The largest absolute Gasteiger partial charge is 0.332 e. The summed E-state index contributed by atoms with van der Waals surface area (Å²) in [5.74, 6) is 0. The SMILES string of the molecule is c1ccc(C[NH+]2CCC([NH+]3CCC([NH+]4CCc5ccccc5C4)CC3)CC2)cc1. The highest BCUT2D eigenvalue weighted by molar-refractivity contribution is 5.27. The van der Waals surface area contributed by atoms with Gasteiger partial charge in [-0.05, 0) is 5.56 Å². The van der Waals surface area contributed by atoms with Crippen molar-refractivity contribution in [3.63, 3.8) is 0 Å². The number of benzene rings is 2. The van der Waals surface area contributed by atoms with Crippen LogP contribution in [-0.4, -0.2) is 44.8 Å². The van der Waals surface area contributed by atoms with E-state index in [9.17, 15) is 0 Å². The van der Waals surface area contributed by atoms with Crippen LogP contribution in [0.1, 0.15) is 42.4 Å². The fourth-order valence-electron chi connectivity index (χ4n) is 6.25. The van der Waals surface area contributed by atoms with Crippen molar-refractivity contribution in [3.05, 3.63) is 71.3 Å². The first kappa shape index (κ1) is 19.3. The van der Waals surface area contributed by atoms with E-state index >= 15 is 0 Å². The Morgan fingerprint density at radius 3 is 2.00 bits per heavy atom. The molecule has 154 valence electrons. The third-order valence-electron chi connectivity index (χ3n) is 8.02. The summed E-state index contributed by atoms with van der Waals surface area (Å²) in [5, 5.41) is 0. The van der Waals surface area contributed by atoms with Crippen molar-refractivity contribution >= 4 is 0 Å². The van der Waals surface area contributed by atoms with Crippen molar-refractivity contribution in [1.82, 2.24) is 0 Å². The smallest absolute Gasteiger partial charge is 0.103 e. The highest BCUT2D eigenvalue weighted by atomic mass is 15.2. The Hall–Kier alpha value is -1.68. The summed E-state index contributed by atoms with van der Waals surface area (Å²) in [6.45, 7) is 9.37. The van der Waals surface area contributed by atoms with Gasteiger partial charge in [0.2, 0.25) is 0 Å². The minimum absolute atomic E-state index is 0.899. The number of hydrogen-bond donors (Lipinski definition) is 3. The molecule has 0 aromatic heterocycles. The number of nitrogens with one attached hydrogen (secondary N) is 3. The third kappa shape index (κ3) is 4.58.